The first-order valence-electron chi connectivity index (χ1n) is 14.7. The van der Waals surface area contributed by atoms with E-state index in [1.165, 1.54) is 12.1 Å². The number of hydrogen-bond donors (Lipinski definition) is 5. The van der Waals surface area contributed by atoms with Crippen molar-refractivity contribution in [3.8, 4) is 5.75 Å². The molecule has 3 aromatic carbocycles. The highest BCUT2D eigenvalue weighted by atomic mass is 16.6. The number of hydroxylamine groups is 1. The molecule has 1 heterocycles. The van der Waals surface area contributed by atoms with Gasteiger partial charge in [-0.25, -0.2) is 5.48 Å². The molecule has 0 saturated carbocycles. The summed E-state index contributed by atoms with van der Waals surface area (Å²) in [5.74, 6) is -1.66. The molecule has 0 fully saturated rings. The molecule has 12 nitrogen and oxygen atoms in total. The number of fused-ring (bicyclic) bond motifs is 1. The maximum absolute atomic E-state index is 13.6. The molecule has 0 spiro atoms. The summed E-state index contributed by atoms with van der Waals surface area (Å²) in [4.78, 5) is 53.0. The lowest BCUT2D eigenvalue weighted by molar-refractivity contribution is -0.384. The van der Waals surface area contributed by atoms with Crippen LogP contribution in [0.15, 0.2) is 79.0 Å². The third-order valence-electron chi connectivity index (χ3n) is 7.67. The number of amides is 3. The Kier molecular flexibility index (Phi) is 11.6. The van der Waals surface area contributed by atoms with E-state index in [9.17, 15) is 24.5 Å². The summed E-state index contributed by atoms with van der Waals surface area (Å²) in [6.45, 7) is 0.193. The second kappa shape index (κ2) is 16.0. The average molecular weight is 616 g/mol. The summed E-state index contributed by atoms with van der Waals surface area (Å²) in [5, 5.41) is 26.9. The third-order valence-corrected chi connectivity index (χ3v) is 7.67. The summed E-state index contributed by atoms with van der Waals surface area (Å²) in [5.41, 5.74) is 5.01. The molecule has 0 bridgehead atoms. The Balaban J connectivity index is 1.46. The largest absolute Gasteiger partial charge is 0.497 e. The number of H-pyrrole nitrogens is 1. The molecule has 1 aromatic heterocycles. The standard InChI is InChI=1S/C33H37N5O7/c1-45-27-14-12-22(13-15-27)6-4-8-24(20-31(39)37-42)32(40)36-30(19-25-21-35-29-11-3-2-10-28(25)29)33(41)34-17-16-23-7-5-9-26(18-23)38(43)44/h2-3,5,7,9-15,18,21,24,30,35,42H,4,6,8,16-17,19-20H2,1H3,(H,34,41)(H,36,40)(H,37,39)/t24-,30+/m0/s1. The number of nitrogens with zero attached hydrogens (tertiary/aromatic N) is 1. The number of nitrogens with one attached hydrogen (secondary N) is 4. The van der Waals surface area contributed by atoms with Gasteiger partial charge in [0, 0.05) is 54.5 Å². The fourth-order valence-corrected chi connectivity index (χ4v) is 5.24. The van der Waals surface area contributed by atoms with E-state index in [2.05, 4.69) is 15.6 Å². The molecular weight excluding hydrogens is 578 g/mol. The lowest BCUT2D eigenvalue weighted by atomic mass is 9.94. The van der Waals surface area contributed by atoms with Gasteiger partial charge in [0.15, 0.2) is 0 Å². The first-order chi connectivity index (χ1) is 21.8. The Morgan fingerprint density at radius 1 is 0.978 bits per heavy atom. The van der Waals surface area contributed by atoms with Crippen molar-refractivity contribution in [2.75, 3.05) is 13.7 Å². The maximum atomic E-state index is 13.6. The first kappa shape index (κ1) is 32.7. The highest BCUT2D eigenvalue weighted by molar-refractivity contribution is 5.91. The van der Waals surface area contributed by atoms with Crippen LogP contribution >= 0.6 is 0 Å². The minimum atomic E-state index is -0.969. The van der Waals surface area contributed by atoms with Gasteiger partial charge in [-0.05, 0) is 60.6 Å². The van der Waals surface area contributed by atoms with Gasteiger partial charge in [-0.15, -0.1) is 0 Å². The molecule has 0 radical (unpaired) electrons. The van der Waals surface area contributed by atoms with Gasteiger partial charge in [-0.1, -0.05) is 42.5 Å². The van der Waals surface area contributed by atoms with Crippen LogP contribution in [-0.2, 0) is 33.6 Å². The summed E-state index contributed by atoms with van der Waals surface area (Å²) in [7, 11) is 1.59. The van der Waals surface area contributed by atoms with E-state index in [1.807, 2.05) is 48.5 Å². The van der Waals surface area contributed by atoms with Crippen molar-refractivity contribution >= 4 is 34.3 Å². The molecule has 236 valence electrons. The average Bonchev–Trinajstić information content (AvgIpc) is 3.46. The second-order valence-electron chi connectivity index (χ2n) is 10.8. The van der Waals surface area contributed by atoms with Gasteiger partial charge in [-0.3, -0.25) is 29.7 Å². The predicted octanol–water partition coefficient (Wildman–Crippen LogP) is 4.01. The number of hydrogen-bond acceptors (Lipinski definition) is 7. The van der Waals surface area contributed by atoms with Gasteiger partial charge in [-0.2, -0.15) is 0 Å². The molecule has 2 atom stereocenters. The van der Waals surface area contributed by atoms with Crippen LogP contribution in [0.1, 0.15) is 36.0 Å². The van der Waals surface area contributed by atoms with Crippen LogP contribution in [0, 0.1) is 16.0 Å². The molecule has 12 heteroatoms. The van der Waals surface area contributed by atoms with E-state index in [1.54, 1.807) is 30.9 Å². The van der Waals surface area contributed by atoms with Gasteiger partial charge in [0.2, 0.25) is 17.7 Å². The number of non-ortho nitro benzene ring substituents is 1. The quantitative estimate of drug-likeness (QED) is 0.0719. The number of aromatic nitrogens is 1. The summed E-state index contributed by atoms with van der Waals surface area (Å²) in [6, 6.07) is 20.4. The Labute approximate surface area is 260 Å². The van der Waals surface area contributed by atoms with Gasteiger partial charge in [0.1, 0.15) is 11.8 Å². The zero-order valence-electron chi connectivity index (χ0n) is 25.0. The van der Waals surface area contributed by atoms with E-state index in [0.29, 0.717) is 31.2 Å². The topological polar surface area (TPSA) is 176 Å². The fourth-order valence-electron chi connectivity index (χ4n) is 5.24. The molecule has 0 unspecified atom stereocenters. The van der Waals surface area contributed by atoms with E-state index < -0.39 is 34.6 Å². The molecule has 3 amide bonds. The van der Waals surface area contributed by atoms with Gasteiger partial charge >= 0.3 is 0 Å². The van der Waals surface area contributed by atoms with Crippen LogP contribution < -0.4 is 20.9 Å². The van der Waals surface area contributed by atoms with Crippen LogP contribution in [0.4, 0.5) is 5.69 Å². The van der Waals surface area contributed by atoms with Crippen molar-refractivity contribution in [2.24, 2.45) is 5.92 Å². The van der Waals surface area contributed by atoms with Crippen molar-refractivity contribution in [3.05, 3.63) is 106 Å². The van der Waals surface area contributed by atoms with Gasteiger partial charge in [0.25, 0.3) is 5.69 Å². The molecular formula is C33H37N5O7. The van der Waals surface area contributed by atoms with Crippen LogP contribution in [0.3, 0.4) is 0 Å². The normalized spacial score (nSPS) is 12.2. The van der Waals surface area contributed by atoms with Crippen molar-refractivity contribution in [1.82, 2.24) is 21.1 Å². The van der Waals surface area contributed by atoms with E-state index in [-0.39, 0.29) is 25.1 Å². The number of aromatic amines is 1. The van der Waals surface area contributed by atoms with E-state index in [0.717, 1.165) is 27.8 Å². The first-order valence-corrected chi connectivity index (χ1v) is 14.7. The Morgan fingerprint density at radius 3 is 2.49 bits per heavy atom. The zero-order valence-corrected chi connectivity index (χ0v) is 25.0. The minimum Gasteiger partial charge on any atom is -0.497 e. The van der Waals surface area contributed by atoms with Crippen molar-refractivity contribution in [2.45, 2.75) is 44.6 Å². The molecule has 45 heavy (non-hydrogen) atoms. The zero-order chi connectivity index (χ0) is 32.2. The van der Waals surface area contributed by atoms with E-state index in [4.69, 9.17) is 9.94 Å². The Bertz CT molecular complexity index is 1620. The number of ether oxygens (including phenoxy) is 1. The number of rotatable bonds is 16. The van der Waals surface area contributed by atoms with E-state index >= 15 is 0 Å². The summed E-state index contributed by atoms with van der Waals surface area (Å²) >= 11 is 0. The van der Waals surface area contributed by atoms with Gasteiger partial charge in [0.05, 0.1) is 12.0 Å². The molecule has 0 aliphatic heterocycles. The van der Waals surface area contributed by atoms with Crippen molar-refractivity contribution < 1.29 is 29.3 Å². The number of nitro benzene ring substituents is 1. The number of methoxy groups -OCH3 is 1. The third kappa shape index (κ3) is 9.38. The number of carbonyl (C=O) groups is 3. The number of aryl methyl sites for hydroxylation is 1. The van der Waals surface area contributed by atoms with Crippen LogP contribution in [0.25, 0.3) is 10.9 Å². The van der Waals surface area contributed by atoms with Crippen LogP contribution in [0.5, 0.6) is 5.75 Å². The maximum Gasteiger partial charge on any atom is 0.269 e. The van der Waals surface area contributed by atoms with Crippen LogP contribution in [-0.4, -0.2) is 52.5 Å². The lowest BCUT2D eigenvalue weighted by Crippen LogP contribution is -2.50. The lowest BCUT2D eigenvalue weighted by Gasteiger charge is -2.22. The molecule has 5 N–H and O–H groups in total. The Morgan fingerprint density at radius 2 is 1.76 bits per heavy atom. The smallest absolute Gasteiger partial charge is 0.269 e. The van der Waals surface area contributed by atoms with Gasteiger partial charge < -0.3 is 20.4 Å². The molecule has 0 aliphatic rings. The molecule has 0 aliphatic carbocycles. The Hall–Kier alpha value is -5.23. The number of carbonyl (C=O) groups excluding carboxylic acids is 3. The summed E-state index contributed by atoms with van der Waals surface area (Å²) < 4.78 is 5.20. The number of nitro groups is 1. The van der Waals surface area contributed by atoms with Crippen molar-refractivity contribution in [3.63, 3.8) is 0 Å². The van der Waals surface area contributed by atoms with Crippen molar-refractivity contribution in [1.29, 1.82) is 0 Å². The SMILES string of the molecule is COc1ccc(CCC[C@@H](CC(=O)NO)C(=O)N[C@H](Cc2c[nH]c3ccccc23)C(=O)NCCc2cccc([N+](=O)[O-])c2)cc1. The highest BCUT2D eigenvalue weighted by Gasteiger charge is 2.28. The van der Waals surface area contributed by atoms with Crippen LogP contribution in [0.2, 0.25) is 0 Å². The predicted molar refractivity (Wildman–Crippen MR) is 168 cm³/mol. The minimum absolute atomic E-state index is 0.0340. The fraction of sp³-hybridized carbons (Fsp3) is 0.303. The number of benzene rings is 3. The molecule has 4 aromatic rings. The second-order valence-corrected chi connectivity index (χ2v) is 10.8. The highest BCUT2D eigenvalue weighted by Crippen LogP contribution is 2.21. The molecule has 0 saturated heterocycles. The monoisotopic (exact) mass is 615 g/mol. The molecule has 4 rings (SSSR count). The number of para-hydroxylation sites is 1. The summed E-state index contributed by atoms with van der Waals surface area (Å²) in [6.07, 6.45) is 3.68.